The van der Waals surface area contributed by atoms with Crippen molar-refractivity contribution in [3.63, 3.8) is 0 Å². The fourth-order valence-electron chi connectivity index (χ4n) is 4.23. The molecule has 1 aromatic rings. The van der Waals surface area contributed by atoms with E-state index in [9.17, 15) is 18.2 Å². The van der Waals surface area contributed by atoms with Crippen molar-refractivity contribution in [3.05, 3.63) is 34.4 Å². The van der Waals surface area contributed by atoms with Crippen LogP contribution in [0.3, 0.4) is 0 Å². The molecule has 1 N–H and O–H groups in total. The van der Waals surface area contributed by atoms with E-state index in [-0.39, 0.29) is 25.4 Å². The quantitative estimate of drug-likeness (QED) is 0.0650. The minimum Gasteiger partial charge on any atom is -0.379 e. The number of hydrogen-bond acceptors (Lipinski definition) is 5. The molecule has 1 rings (SSSR count). The Balaban J connectivity index is 2.14. The van der Waals surface area contributed by atoms with Crippen molar-refractivity contribution in [1.82, 2.24) is 0 Å². The molecule has 39 heavy (non-hydrogen) atoms. The van der Waals surface area contributed by atoms with Crippen molar-refractivity contribution >= 4 is 19.4 Å². The molecule has 0 heterocycles. The van der Waals surface area contributed by atoms with E-state index in [2.05, 4.69) is 11.4 Å². The fourth-order valence-corrected chi connectivity index (χ4v) is 4.87. The lowest BCUT2D eigenvalue weighted by molar-refractivity contribution is -0.0506. The standard InChI is InChI=1S/C29H50ClF2O6P/c1-3-4-5-6-7-8-9-10-11-12-13-14-15-16-17-18-21-36-23-26(24-38-39(33,34)35-2)37-22-25-19-20-27(31)28(30)29(25)32/h19-20,26H,3-18,21-24H2,1-2H3,(H,33,34)/t26-/m1/s1. The number of halogens is 3. The monoisotopic (exact) mass is 598 g/mol. The number of hydrogen-bond donors (Lipinski definition) is 1. The molecule has 6 nitrogen and oxygen atoms in total. The van der Waals surface area contributed by atoms with Gasteiger partial charge in [0.05, 0.1) is 19.8 Å². The molecular formula is C29H50ClF2O6P. The Hall–Kier alpha value is -0.600. The van der Waals surface area contributed by atoms with Crippen LogP contribution in [0.15, 0.2) is 12.1 Å². The first-order chi connectivity index (χ1) is 18.8. The number of phosphoric ester groups is 1. The molecule has 0 aliphatic rings. The number of unbranched alkanes of at least 4 members (excludes halogenated alkanes) is 15. The summed E-state index contributed by atoms with van der Waals surface area (Å²) >= 11 is 5.62. The van der Waals surface area contributed by atoms with Gasteiger partial charge in [-0.25, -0.2) is 13.3 Å². The van der Waals surface area contributed by atoms with Crippen LogP contribution in [0.4, 0.5) is 8.78 Å². The summed E-state index contributed by atoms with van der Waals surface area (Å²) in [6.45, 7) is 2.32. The molecule has 228 valence electrons. The molecule has 10 heteroatoms. The van der Waals surface area contributed by atoms with Gasteiger partial charge in [0.2, 0.25) is 0 Å². The van der Waals surface area contributed by atoms with Crippen molar-refractivity contribution in [3.8, 4) is 0 Å². The molecule has 0 aliphatic carbocycles. The minimum absolute atomic E-state index is 0.0585. The van der Waals surface area contributed by atoms with Gasteiger partial charge in [-0.15, -0.1) is 0 Å². The highest BCUT2D eigenvalue weighted by atomic mass is 35.5. The lowest BCUT2D eigenvalue weighted by Gasteiger charge is -2.20. The van der Waals surface area contributed by atoms with E-state index in [0.29, 0.717) is 6.61 Å². The summed E-state index contributed by atoms with van der Waals surface area (Å²) in [6, 6.07) is 2.29. The van der Waals surface area contributed by atoms with Gasteiger partial charge in [-0.05, 0) is 12.5 Å². The molecule has 0 spiro atoms. The average molecular weight is 599 g/mol. The SMILES string of the molecule is CCCCCCCCCCCCCCCCCCOC[C@H](COP(=O)(O)OC)OCc1ccc(F)c(Cl)c1F. The van der Waals surface area contributed by atoms with Crippen LogP contribution in [-0.2, 0) is 29.7 Å². The molecule has 0 fully saturated rings. The zero-order chi connectivity index (χ0) is 28.8. The maximum atomic E-state index is 14.2. The third-order valence-corrected chi connectivity index (χ3v) is 7.97. The van der Waals surface area contributed by atoms with Crippen LogP contribution in [0.5, 0.6) is 0 Å². The molecule has 0 radical (unpaired) electrons. The first-order valence-electron chi connectivity index (χ1n) is 14.7. The van der Waals surface area contributed by atoms with Crippen molar-refractivity contribution < 1.29 is 36.8 Å². The smallest absolute Gasteiger partial charge is 0.379 e. The zero-order valence-corrected chi connectivity index (χ0v) is 25.6. The number of phosphoric acid groups is 1. The van der Waals surface area contributed by atoms with E-state index in [0.717, 1.165) is 32.4 Å². The number of rotatable bonds is 26. The maximum absolute atomic E-state index is 14.2. The molecule has 0 saturated carbocycles. The van der Waals surface area contributed by atoms with Gasteiger partial charge in [0.1, 0.15) is 22.8 Å². The van der Waals surface area contributed by atoms with E-state index in [1.807, 2.05) is 0 Å². The second-order valence-corrected chi connectivity index (χ2v) is 12.0. The Bertz CT molecular complexity index is 801. The van der Waals surface area contributed by atoms with Crippen LogP contribution in [0.1, 0.15) is 115 Å². The van der Waals surface area contributed by atoms with E-state index >= 15 is 0 Å². The van der Waals surface area contributed by atoms with Gasteiger partial charge in [0.15, 0.2) is 0 Å². The van der Waals surface area contributed by atoms with Gasteiger partial charge in [-0.3, -0.25) is 9.05 Å². The van der Waals surface area contributed by atoms with Crippen molar-refractivity contribution in [2.75, 3.05) is 26.9 Å². The highest BCUT2D eigenvalue weighted by Crippen LogP contribution is 2.42. The molecule has 2 atom stereocenters. The zero-order valence-electron chi connectivity index (χ0n) is 23.9. The normalized spacial score (nSPS) is 14.0. The molecule has 0 saturated heterocycles. The third kappa shape index (κ3) is 18.5. The lowest BCUT2D eigenvalue weighted by atomic mass is 10.0. The van der Waals surface area contributed by atoms with Gasteiger partial charge >= 0.3 is 7.82 Å². The Morgan fingerprint density at radius 2 is 1.36 bits per heavy atom. The van der Waals surface area contributed by atoms with Gasteiger partial charge in [-0.1, -0.05) is 121 Å². The number of benzene rings is 1. The summed E-state index contributed by atoms with van der Waals surface area (Å²) in [7, 11) is -3.15. The summed E-state index contributed by atoms with van der Waals surface area (Å²) in [4.78, 5) is 9.49. The highest BCUT2D eigenvalue weighted by Gasteiger charge is 2.23. The first kappa shape index (κ1) is 36.4. The van der Waals surface area contributed by atoms with Crippen molar-refractivity contribution in [1.29, 1.82) is 0 Å². The summed E-state index contributed by atoms with van der Waals surface area (Å²) in [5.74, 6) is -1.77. The molecule has 1 unspecified atom stereocenters. The average Bonchev–Trinajstić information content (AvgIpc) is 2.93. The largest absolute Gasteiger partial charge is 0.472 e. The van der Waals surface area contributed by atoms with Gasteiger partial charge in [-0.2, -0.15) is 0 Å². The van der Waals surface area contributed by atoms with Crippen molar-refractivity contribution in [2.45, 2.75) is 122 Å². The van der Waals surface area contributed by atoms with Crippen molar-refractivity contribution in [2.24, 2.45) is 0 Å². The summed E-state index contributed by atoms with van der Waals surface area (Å²) in [6.07, 6.45) is 19.9. The maximum Gasteiger partial charge on any atom is 0.472 e. The minimum atomic E-state index is -4.21. The van der Waals surface area contributed by atoms with Gasteiger partial charge in [0.25, 0.3) is 0 Å². The van der Waals surface area contributed by atoms with Crippen LogP contribution in [-0.4, -0.2) is 37.9 Å². The second kappa shape index (κ2) is 23.0. The van der Waals surface area contributed by atoms with E-state index in [1.54, 1.807) is 0 Å². The molecule has 0 aromatic heterocycles. The summed E-state index contributed by atoms with van der Waals surface area (Å²) in [5.41, 5.74) is 0.0585. The predicted molar refractivity (Wildman–Crippen MR) is 153 cm³/mol. The summed E-state index contributed by atoms with van der Waals surface area (Å²) < 4.78 is 59.8. The Morgan fingerprint density at radius 1 is 0.846 bits per heavy atom. The Kier molecular flexibility index (Phi) is 21.5. The Morgan fingerprint density at radius 3 is 1.87 bits per heavy atom. The molecular weight excluding hydrogens is 549 g/mol. The third-order valence-electron chi connectivity index (χ3n) is 6.69. The van der Waals surface area contributed by atoms with Crippen LogP contribution >= 0.6 is 19.4 Å². The van der Waals surface area contributed by atoms with Crippen LogP contribution in [0, 0.1) is 11.6 Å². The van der Waals surface area contributed by atoms with E-state index in [4.69, 9.17) is 25.6 Å². The first-order valence-corrected chi connectivity index (χ1v) is 16.5. The molecule has 1 aromatic carbocycles. The lowest BCUT2D eigenvalue weighted by Crippen LogP contribution is -2.26. The molecule has 0 aliphatic heterocycles. The molecule has 0 amide bonds. The highest BCUT2D eigenvalue weighted by molar-refractivity contribution is 7.47. The fraction of sp³-hybridized carbons (Fsp3) is 0.793. The number of ether oxygens (including phenoxy) is 2. The van der Waals surface area contributed by atoms with Crippen LogP contribution in [0.25, 0.3) is 0 Å². The van der Waals surface area contributed by atoms with Gasteiger partial charge in [0, 0.05) is 19.3 Å². The summed E-state index contributed by atoms with van der Waals surface area (Å²) in [5, 5.41) is -0.608. The molecule has 0 bridgehead atoms. The van der Waals surface area contributed by atoms with Gasteiger partial charge < -0.3 is 14.4 Å². The van der Waals surface area contributed by atoms with Crippen LogP contribution < -0.4 is 0 Å². The van der Waals surface area contributed by atoms with E-state index in [1.165, 1.54) is 89.5 Å². The van der Waals surface area contributed by atoms with Crippen LogP contribution in [0.2, 0.25) is 5.02 Å². The Labute approximate surface area is 239 Å². The second-order valence-electron chi connectivity index (χ2n) is 10.1. The topological polar surface area (TPSA) is 74.2 Å². The van der Waals surface area contributed by atoms with E-state index < -0.39 is 30.6 Å². The predicted octanol–water partition coefficient (Wildman–Crippen LogP) is 9.54.